The van der Waals surface area contributed by atoms with Gasteiger partial charge in [0.2, 0.25) is 0 Å². The van der Waals surface area contributed by atoms with Gasteiger partial charge >= 0.3 is 5.97 Å². The van der Waals surface area contributed by atoms with Crippen LogP contribution in [0.15, 0.2) is 18.3 Å². The highest BCUT2D eigenvalue weighted by Crippen LogP contribution is 2.06. The molecule has 1 amide bonds. The van der Waals surface area contributed by atoms with Gasteiger partial charge in [0, 0.05) is 12.7 Å². The van der Waals surface area contributed by atoms with Crippen LogP contribution in [-0.2, 0) is 4.79 Å². The normalized spacial score (nSPS) is 11.7. The second-order valence-electron chi connectivity index (χ2n) is 3.89. The molecule has 0 saturated carbocycles. The second kappa shape index (κ2) is 6.58. The van der Waals surface area contributed by atoms with Crippen LogP contribution in [0.5, 0.6) is 0 Å². The maximum Gasteiger partial charge on any atom is 0.325 e. The van der Waals surface area contributed by atoms with Crippen LogP contribution in [0.25, 0.3) is 0 Å². The molecular formula is C12H17N3O3. The lowest BCUT2D eigenvalue weighted by atomic mass is 10.2. The number of carboxylic acids is 1. The summed E-state index contributed by atoms with van der Waals surface area (Å²) in [6.07, 6.45) is 2.29. The molecule has 0 aliphatic heterocycles. The zero-order valence-corrected chi connectivity index (χ0v) is 10.4. The van der Waals surface area contributed by atoms with Gasteiger partial charge in [-0.05, 0) is 25.5 Å². The van der Waals surface area contributed by atoms with Gasteiger partial charge in [-0.25, -0.2) is 4.98 Å². The van der Waals surface area contributed by atoms with Gasteiger partial charge in [0.15, 0.2) is 0 Å². The van der Waals surface area contributed by atoms with E-state index in [9.17, 15) is 9.59 Å². The van der Waals surface area contributed by atoms with E-state index in [4.69, 9.17) is 5.11 Å². The van der Waals surface area contributed by atoms with E-state index in [1.54, 1.807) is 12.1 Å². The Bertz CT molecular complexity index is 417. The summed E-state index contributed by atoms with van der Waals surface area (Å²) >= 11 is 0. The zero-order chi connectivity index (χ0) is 13.5. The lowest BCUT2D eigenvalue weighted by Gasteiger charge is -2.10. The van der Waals surface area contributed by atoms with Crippen molar-refractivity contribution in [1.29, 1.82) is 0 Å². The number of carbonyl (C=O) groups is 2. The van der Waals surface area contributed by atoms with Crippen molar-refractivity contribution in [2.24, 2.45) is 0 Å². The van der Waals surface area contributed by atoms with Crippen molar-refractivity contribution in [2.45, 2.75) is 26.3 Å². The van der Waals surface area contributed by atoms with E-state index in [0.29, 0.717) is 17.9 Å². The van der Waals surface area contributed by atoms with Gasteiger partial charge in [-0.1, -0.05) is 6.92 Å². The summed E-state index contributed by atoms with van der Waals surface area (Å²) in [7, 11) is 0. The molecule has 0 bridgehead atoms. The summed E-state index contributed by atoms with van der Waals surface area (Å²) in [6.45, 7) is 4.11. The first-order chi connectivity index (χ1) is 8.54. The van der Waals surface area contributed by atoms with Crippen molar-refractivity contribution in [1.82, 2.24) is 10.3 Å². The maximum atomic E-state index is 11.6. The van der Waals surface area contributed by atoms with Crippen molar-refractivity contribution in [3.8, 4) is 0 Å². The van der Waals surface area contributed by atoms with Crippen molar-refractivity contribution in [3.63, 3.8) is 0 Å². The number of carbonyl (C=O) groups excluding carboxylic acids is 1. The summed E-state index contributed by atoms with van der Waals surface area (Å²) in [6, 6.07) is 2.46. The lowest BCUT2D eigenvalue weighted by molar-refractivity contribution is -0.137. The van der Waals surface area contributed by atoms with Crippen molar-refractivity contribution in [2.75, 3.05) is 11.9 Å². The van der Waals surface area contributed by atoms with Crippen molar-refractivity contribution >= 4 is 17.7 Å². The standard InChI is InChI=1S/C12H17N3O3/c1-3-6-13-11(16)9-4-5-10(14-7-9)15-8(2)12(17)18/h4-5,7-8H,3,6H2,1-2H3,(H,13,16)(H,14,15)(H,17,18). The average molecular weight is 251 g/mol. The first-order valence-corrected chi connectivity index (χ1v) is 5.78. The quantitative estimate of drug-likeness (QED) is 0.704. The average Bonchev–Trinajstić information content (AvgIpc) is 2.36. The predicted molar refractivity (Wildman–Crippen MR) is 67.6 cm³/mol. The third kappa shape index (κ3) is 4.04. The molecule has 0 aliphatic rings. The first-order valence-electron chi connectivity index (χ1n) is 5.78. The molecule has 1 heterocycles. The summed E-state index contributed by atoms with van der Waals surface area (Å²) < 4.78 is 0. The minimum absolute atomic E-state index is 0.179. The Hall–Kier alpha value is -2.11. The fraction of sp³-hybridized carbons (Fsp3) is 0.417. The van der Waals surface area contributed by atoms with E-state index in [-0.39, 0.29) is 5.91 Å². The monoisotopic (exact) mass is 251 g/mol. The Morgan fingerprint density at radius 2 is 2.17 bits per heavy atom. The number of nitrogens with zero attached hydrogens (tertiary/aromatic N) is 1. The van der Waals surface area contributed by atoms with E-state index in [2.05, 4.69) is 15.6 Å². The highest BCUT2D eigenvalue weighted by atomic mass is 16.4. The van der Waals surface area contributed by atoms with Gasteiger partial charge in [-0.3, -0.25) is 9.59 Å². The van der Waals surface area contributed by atoms with Crippen molar-refractivity contribution in [3.05, 3.63) is 23.9 Å². The van der Waals surface area contributed by atoms with Crippen LogP contribution in [0.3, 0.4) is 0 Å². The Kier molecular flexibility index (Phi) is 5.10. The number of carboxylic acid groups (broad SMARTS) is 1. The molecule has 1 unspecified atom stereocenters. The molecule has 0 spiro atoms. The minimum atomic E-state index is -0.957. The summed E-state index contributed by atoms with van der Waals surface area (Å²) in [5.74, 6) is -0.708. The molecule has 1 rings (SSSR count). The van der Waals surface area contributed by atoms with E-state index in [1.165, 1.54) is 13.1 Å². The van der Waals surface area contributed by atoms with Crippen LogP contribution < -0.4 is 10.6 Å². The van der Waals surface area contributed by atoms with Gasteiger partial charge < -0.3 is 15.7 Å². The Morgan fingerprint density at radius 3 is 2.67 bits per heavy atom. The number of pyridine rings is 1. The van der Waals surface area contributed by atoms with Crippen LogP contribution in [0.4, 0.5) is 5.82 Å². The molecule has 0 aliphatic carbocycles. The van der Waals surface area contributed by atoms with Crippen LogP contribution in [0, 0.1) is 0 Å². The number of nitrogens with one attached hydrogen (secondary N) is 2. The van der Waals surface area contributed by atoms with Crippen LogP contribution in [0.2, 0.25) is 0 Å². The molecule has 6 heteroatoms. The molecule has 0 fully saturated rings. The molecule has 0 radical (unpaired) electrons. The third-order valence-corrected chi connectivity index (χ3v) is 2.30. The topological polar surface area (TPSA) is 91.3 Å². The maximum absolute atomic E-state index is 11.6. The Morgan fingerprint density at radius 1 is 1.44 bits per heavy atom. The van der Waals surface area contributed by atoms with Gasteiger partial charge in [-0.2, -0.15) is 0 Å². The predicted octanol–water partition coefficient (Wildman–Crippen LogP) is 1.11. The largest absolute Gasteiger partial charge is 0.480 e. The number of anilines is 1. The van der Waals surface area contributed by atoms with Crippen LogP contribution >= 0.6 is 0 Å². The molecule has 18 heavy (non-hydrogen) atoms. The number of aliphatic carboxylic acids is 1. The smallest absolute Gasteiger partial charge is 0.325 e. The van der Waals surface area contributed by atoms with E-state index >= 15 is 0 Å². The molecule has 6 nitrogen and oxygen atoms in total. The minimum Gasteiger partial charge on any atom is -0.480 e. The first kappa shape index (κ1) is 14.0. The Balaban J connectivity index is 2.62. The molecular weight excluding hydrogens is 234 g/mol. The fourth-order valence-electron chi connectivity index (χ4n) is 1.24. The summed E-state index contributed by atoms with van der Waals surface area (Å²) in [4.78, 5) is 26.2. The fourth-order valence-corrected chi connectivity index (χ4v) is 1.24. The van der Waals surface area contributed by atoms with E-state index in [0.717, 1.165) is 6.42 Å². The summed E-state index contributed by atoms with van der Waals surface area (Å²) in [5, 5.41) is 14.2. The third-order valence-electron chi connectivity index (χ3n) is 2.30. The molecule has 1 aromatic rings. The SMILES string of the molecule is CCCNC(=O)c1ccc(NC(C)C(=O)O)nc1. The van der Waals surface area contributed by atoms with E-state index < -0.39 is 12.0 Å². The summed E-state index contributed by atoms with van der Waals surface area (Å²) in [5.41, 5.74) is 0.456. The number of hydrogen-bond acceptors (Lipinski definition) is 4. The molecule has 98 valence electrons. The molecule has 0 aromatic carbocycles. The van der Waals surface area contributed by atoms with Gasteiger partial charge in [0.25, 0.3) is 5.91 Å². The lowest BCUT2D eigenvalue weighted by Crippen LogP contribution is -2.26. The molecule has 1 atom stereocenters. The number of amides is 1. The van der Waals surface area contributed by atoms with E-state index in [1.807, 2.05) is 6.92 Å². The van der Waals surface area contributed by atoms with Crippen LogP contribution in [-0.4, -0.2) is 34.6 Å². The number of hydrogen-bond donors (Lipinski definition) is 3. The van der Waals surface area contributed by atoms with Gasteiger partial charge in [0.05, 0.1) is 5.56 Å². The van der Waals surface area contributed by atoms with Crippen molar-refractivity contribution < 1.29 is 14.7 Å². The molecule has 1 aromatic heterocycles. The Labute approximate surface area is 105 Å². The highest BCUT2D eigenvalue weighted by molar-refractivity contribution is 5.94. The number of rotatable bonds is 6. The molecule has 3 N–H and O–H groups in total. The number of aromatic nitrogens is 1. The van der Waals surface area contributed by atoms with Gasteiger partial charge in [-0.15, -0.1) is 0 Å². The second-order valence-corrected chi connectivity index (χ2v) is 3.89. The van der Waals surface area contributed by atoms with Crippen LogP contribution in [0.1, 0.15) is 30.6 Å². The van der Waals surface area contributed by atoms with Gasteiger partial charge in [0.1, 0.15) is 11.9 Å². The highest BCUT2D eigenvalue weighted by Gasteiger charge is 2.11. The molecule has 0 saturated heterocycles. The zero-order valence-electron chi connectivity index (χ0n) is 10.4.